The first-order valence-electron chi connectivity index (χ1n) is 9.28. The lowest BCUT2D eigenvalue weighted by Crippen LogP contribution is -2.36. The van der Waals surface area contributed by atoms with E-state index in [-0.39, 0.29) is 5.92 Å². The number of nitrogens with zero attached hydrogens (tertiary/aromatic N) is 4. The fourth-order valence-electron chi connectivity index (χ4n) is 3.74. The van der Waals surface area contributed by atoms with Gasteiger partial charge in [-0.2, -0.15) is 18.3 Å². The molecule has 146 valence electrons. The van der Waals surface area contributed by atoms with Gasteiger partial charge in [0, 0.05) is 36.3 Å². The molecule has 1 saturated carbocycles. The zero-order valence-corrected chi connectivity index (χ0v) is 14.9. The summed E-state index contributed by atoms with van der Waals surface area (Å²) in [7, 11) is 0. The van der Waals surface area contributed by atoms with Crippen LogP contribution < -0.4 is 5.56 Å². The van der Waals surface area contributed by atoms with Crippen LogP contribution in [0.4, 0.5) is 13.2 Å². The van der Waals surface area contributed by atoms with Crippen molar-refractivity contribution in [3.05, 3.63) is 45.9 Å². The van der Waals surface area contributed by atoms with Gasteiger partial charge >= 0.3 is 6.18 Å². The quantitative estimate of drug-likeness (QED) is 0.865. The summed E-state index contributed by atoms with van der Waals surface area (Å²) < 4.78 is 39.1. The van der Waals surface area contributed by atoms with Gasteiger partial charge in [-0.15, -0.1) is 0 Å². The van der Waals surface area contributed by atoms with Crippen LogP contribution in [-0.2, 0) is 19.3 Å². The average molecular weight is 381 g/mol. The van der Waals surface area contributed by atoms with E-state index < -0.39 is 17.4 Å². The molecular weight excluding hydrogens is 359 g/mol. The Morgan fingerprint density at radius 3 is 2.56 bits per heavy atom. The first-order valence-corrected chi connectivity index (χ1v) is 9.28. The number of likely N-dealkylation sites (tertiary alicyclic amines) is 1. The van der Waals surface area contributed by atoms with Gasteiger partial charge in [0.2, 0.25) is 0 Å². The lowest BCUT2D eigenvalue weighted by Gasteiger charge is -2.32. The van der Waals surface area contributed by atoms with Crippen molar-refractivity contribution in [3.63, 3.8) is 0 Å². The van der Waals surface area contributed by atoms with Gasteiger partial charge in [0.15, 0.2) is 5.69 Å². The summed E-state index contributed by atoms with van der Waals surface area (Å²) in [5, 5.41) is 7.30. The Bertz CT molecular complexity index is 847. The minimum atomic E-state index is -4.59. The summed E-state index contributed by atoms with van der Waals surface area (Å²) in [6.45, 7) is 3.10. The Morgan fingerprint density at radius 2 is 1.93 bits per heavy atom. The van der Waals surface area contributed by atoms with Crippen molar-refractivity contribution >= 4 is 0 Å². The second-order valence-electron chi connectivity index (χ2n) is 7.57. The van der Waals surface area contributed by atoms with Gasteiger partial charge in [0.1, 0.15) is 0 Å². The van der Waals surface area contributed by atoms with Crippen LogP contribution in [-0.4, -0.2) is 37.7 Å². The van der Waals surface area contributed by atoms with Crippen molar-refractivity contribution in [1.29, 1.82) is 0 Å². The molecule has 9 heteroatoms. The minimum absolute atomic E-state index is 0.268. The van der Waals surface area contributed by atoms with Crippen LogP contribution in [0.3, 0.4) is 0 Å². The number of hydrogen-bond donors (Lipinski definition) is 1. The number of halogens is 3. The number of H-pyrrole nitrogens is 1. The van der Waals surface area contributed by atoms with Crippen LogP contribution in [0.5, 0.6) is 0 Å². The molecule has 0 aromatic carbocycles. The molecule has 0 spiro atoms. The number of aromatic nitrogens is 4. The van der Waals surface area contributed by atoms with Gasteiger partial charge in [-0.05, 0) is 44.7 Å². The summed E-state index contributed by atoms with van der Waals surface area (Å²) in [6.07, 6.45) is 2.61. The fourth-order valence-corrected chi connectivity index (χ4v) is 3.74. The van der Waals surface area contributed by atoms with Crippen LogP contribution in [0.25, 0.3) is 0 Å². The highest BCUT2D eigenvalue weighted by Gasteiger charge is 2.33. The van der Waals surface area contributed by atoms with E-state index >= 15 is 0 Å². The molecule has 1 saturated heterocycles. The molecule has 0 unspecified atom stereocenters. The third-order valence-electron chi connectivity index (χ3n) is 5.46. The molecular formula is C18H22F3N5O. The monoisotopic (exact) mass is 381 g/mol. The van der Waals surface area contributed by atoms with Crippen LogP contribution in [0.1, 0.15) is 48.6 Å². The number of hydrogen-bond acceptors (Lipinski definition) is 4. The maximum absolute atomic E-state index is 12.6. The van der Waals surface area contributed by atoms with Gasteiger partial charge in [-0.3, -0.25) is 19.4 Å². The molecule has 0 amide bonds. The third-order valence-corrected chi connectivity index (χ3v) is 5.46. The lowest BCUT2D eigenvalue weighted by molar-refractivity contribution is -0.141. The summed E-state index contributed by atoms with van der Waals surface area (Å²) in [4.78, 5) is 17.7. The topological polar surface area (TPSA) is 66.8 Å². The van der Waals surface area contributed by atoms with E-state index in [1.54, 1.807) is 0 Å². The molecule has 1 aliphatic carbocycles. The largest absolute Gasteiger partial charge is 0.433 e. The Labute approximate surface area is 154 Å². The average Bonchev–Trinajstić information content (AvgIpc) is 3.37. The molecule has 1 N–H and O–H groups in total. The van der Waals surface area contributed by atoms with Crippen LogP contribution in [0.2, 0.25) is 0 Å². The molecule has 1 aliphatic heterocycles. The summed E-state index contributed by atoms with van der Waals surface area (Å²) in [5.41, 5.74) is 0.746. The Morgan fingerprint density at radius 1 is 1.19 bits per heavy atom. The van der Waals surface area contributed by atoms with Crippen molar-refractivity contribution < 1.29 is 13.2 Å². The SMILES string of the molecule is O=c1cc(C(F)(F)F)ncn1CC1CCN(Cc2cn[nH]c2C2CC2)CC1. The van der Waals surface area contributed by atoms with Crippen molar-refractivity contribution in [1.82, 2.24) is 24.6 Å². The van der Waals surface area contributed by atoms with Crippen LogP contribution in [0, 0.1) is 5.92 Å². The van der Waals surface area contributed by atoms with E-state index in [1.807, 2.05) is 6.20 Å². The number of nitrogens with one attached hydrogen (secondary N) is 1. The van der Waals surface area contributed by atoms with Gasteiger partial charge in [0.25, 0.3) is 5.56 Å². The van der Waals surface area contributed by atoms with Crippen molar-refractivity contribution in [3.8, 4) is 0 Å². The third kappa shape index (κ3) is 4.23. The highest BCUT2D eigenvalue weighted by molar-refractivity contribution is 5.24. The number of rotatable bonds is 5. The molecule has 0 atom stereocenters. The van der Waals surface area contributed by atoms with E-state index in [1.165, 1.54) is 28.7 Å². The van der Waals surface area contributed by atoms with Crippen molar-refractivity contribution in [2.75, 3.05) is 13.1 Å². The molecule has 0 bridgehead atoms. The predicted molar refractivity (Wildman–Crippen MR) is 92.1 cm³/mol. The van der Waals surface area contributed by atoms with Gasteiger partial charge in [0.05, 0.1) is 12.5 Å². The smallest absolute Gasteiger partial charge is 0.299 e. The molecule has 4 rings (SSSR count). The first kappa shape index (κ1) is 18.2. The maximum atomic E-state index is 12.6. The van der Waals surface area contributed by atoms with Crippen LogP contribution >= 0.6 is 0 Å². The zero-order chi connectivity index (χ0) is 19.0. The number of aromatic amines is 1. The van der Waals surface area contributed by atoms with E-state index in [0.29, 0.717) is 18.5 Å². The summed E-state index contributed by atoms with van der Waals surface area (Å²) in [6, 6.07) is 0.577. The molecule has 27 heavy (non-hydrogen) atoms. The lowest BCUT2D eigenvalue weighted by atomic mass is 9.96. The Kier molecular flexibility index (Phi) is 4.79. The molecule has 6 nitrogen and oxygen atoms in total. The molecule has 2 aromatic heterocycles. The normalized spacial score (nSPS) is 19.5. The summed E-state index contributed by atoms with van der Waals surface area (Å²) in [5.74, 6) is 0.906. The minimum Gasteiger partial charge on any atom is -0.299 e. The maximum Gasteiger partial charge on any atom is 0.433 e. The zero-order valence-electron chi connectivity index (χ0n) is 14.9. The molecule has 2 aromatic rings. The van der Waals surface area contributed by atoms with E-state index in [4.69, 9.17) is 0 Å². The van der Waals surface area contributed by atoms with E-state index in [2.05, 4.69) is 20.1 Å². The van der Waals surface area contributed by atoms with E-state index in [9.17, 15) is 18.0 Å². The molecule has 2 aliphatic rings. The Hall–Kier alpha value is -2.16. The molecule has 0 radical (unpaired) electrons. The predicted octanol–water partition coefficient (Wildman–Crippen LogP) is 2.77. The van der Waals surface area contributed by atoms with Crippen LogP contribution in [0.15, 0.2) is 23.4 Å². The van der Waals surface area contributed by atoms with Gasteiger partial charge in [-0.1, -0.05) is 0 Å². The summed E-state index contributed by atoms with van der Waals surface area (Å²) >= 11 is 0. The molecule has 3 heterocycles. The number of piperidine rings is 1. The second kappa shape index (κ2) is 7.10. The van der Waals surface area contributed by atoms with E-state index in [0.717, 1.165) is 38.8 Å². The van der Waals surface area contributed by atoms with Gasteiger partial charge < -0.3 is 0 Å². The number of alkyl halides is 3. The standard InChI is InChI=1S/C18H22F3N5O/c19-18(20,21)15-7-16(27)26(11-22-15)9-12-3-5-25(6-4-12)10-14-8-23-24-17(14)13-1-2-13/h7-8,11-13H,1-6,9-10H2,(H,23,24). The van der Waals surface area contributed by atoms with Crippen molar-refractivity contribution in [2.45, 2.75) is 50.9 Å². The highest BCUT2D eigenvalue weighted by Crippen LogP contribution is 2.40. The fraction of sp³-hybridized carbons (Fsp3) is 0.611. The molecule has 2 fully saturated rings. The second-order valence-corrected chi connectivity index (χ2v) is 7.57. The van der Waals surface area contributed by atoms with Crippen molar-refractivity contribution in [2.24, 2.45) is 5.92 Å². The highest BCUT2D eigenvalue weighted by atomic mass is 19.4. The first-order chi connectivity index (χ1) is 12.9. The Balaban J connectivity index is 1.32. The van der Waals surface area contributed by atoms with Gasteiger partial charge in [-0.25, -0.2) is 4.98 Å².